The lowest BCUT2D eigenvalue weighted by molar-refractivity contribution is 0.668. The molecule has 0 bridgehead atoms. The summed E-state index contributed by atoms with van der Waals surface area (Å²) in [7, 11) is 0. The van der Waals surface area contributed by atoms with Gasteiger partial charge in [0.2, 0.25) is 0 Å². The van der Waals surface area contributed by atoms with E-state index < -0.39 is 0 Å². The Labute approximate surface area is 164 Å². The number of hydrogen-bond acceptors (Lipinski definition) is 2. The van der Waals surface area contributed by atoms with E-state index in [1.807, 2.05) is 6.20 Å². The third-order valence-electron chi connectivity index (χ3n) is 5.28. The van der Waals surface area contributed by atoms with Crippen LogP contribution in [-0.2, 0) is 6.42 Å². The Morgan fingerprint density at radius 3 is 2.50 bits per heavy atom. The van der Waals surface area contributed by atoms with Crippen LogP contribution >= 0.6 is 0 Å². The molecule has 2 heteroatoms. The van der Waals surface area contributed by atoms with Gasteiger partial charge in [-0.3, -0.25) is 4.98 Å². The average molecular weight is 363 g/mol. The Balaban J connectivity index is 1.59. The molecular weight excluding hydrogens is 342 g/mol. The van der Waals surface area contributed by atoms with Crippen molar-refractivity contribution >= 4 is 21.9 Å². The molecule has 0 N–H and O–H groups in total. The van der Waals surface area contributed by atoms with Crippen molar-refractivity contribution < 1.29 is 4.42 Å². The van der Waals surface area contributed by atoms with Crippen LogP contribution in [0.15, 0.2) is 83.4 Å². The van der Waals surface area contributed by atoms with Crippen LogP contribution in [-0.4, -0.2) is 4.98 Å². The normalized spacial score (nSPS) is 11.4. The van der Waals surface area contributed by atoms with Gasteiger partial charge in [0.1, 0.15) is 11.2 Å². The summed E-state index contributed by atoms with van der Waals surface area (Å²) in [6.07, 6.45) is 2.81. The first kappa shape index (κ1) is 16.8. The molecule has 136 valence electrons. The Kier molecular flexibility index (Phi) is 3.98. The van der Waals surface area contributed by atoms with Crippen LogP contribution in [0.25, 0.3) is 33.2 Å². The summed E-state index contributed by atoms with van der Waals surface area (Å²) < 4.78 is 6.09. The Morgan fingerprint density at radius 1 is 0.786 bits per heavy atom. The summed E-state index contributed by atoms with van der Waals surface area (Å²) in [4.78, 5) is 4.63. The predicted octanol–water partition coefficient (Wildman–Crippen LogP) is 6.86. The molecule has 0 amide bonds. The fraction of sp³-hybridized carbons (Fsp3) is 0.115. The van der Waals surface area contributed by atoms with Gasteiger partial charge >= 0.3 is 0 Å². The van der Waals surface area contributed by atoms with Crippen molar-refractivity contribution in [1.29, 1.82) is 0 Å². The molecule has 0 atom stereocenters. The maximum Gasteiger partial charge on any atom is 0.135 e. The molecule has 5 aromatic rings. The molecule has 0 fully saturated rings. The van der Waals surface area contributed by atoms with Crippen molar-refractivity contribution in [3.05, 3.63) is 101 Å². The fourth-order valence-electron chi connectivity index (χ4n) is 4.02. The predicted molar refractivity (Wildman–Crippen MR) is 116 cm³/mol. The summed E-state index contributed by atoms with van der Waals surface area (Å²) in [5.41, 5.74) is 9.03. The molecular formula is C26H21NO. The number of aromatic nitrogens is 1. The number of hydrogen-bond donors (Lipinski definition) is 0. The van der Waals surface area contributed by atoms with Gasteiger partial charge in [0.15, 0.2) is 0 Å². The monoisotopic (exact) mass is 363 g/mol. The zero-order chi connectivity index (χ0) is 19.1. The van der Waals surface area contributed by atoms with Crippen LogP contribution in [0.2, 0.25) is 0 Å². The van der Waals surface area contributed by atoms with E-state index in [9.17, 15) is 0 Å². The van der Waals surface area contributed by atoms with E-state index in [2.05, 4.69) is 91.6 Å². The van der Waals surface area contributed by atoms with Crippen molar-refractivity contribution in [3.63, 3.8) is 0 Å². The third-order valence-corrected chi connectivity index (χ3v) is 5.28. The smallest absolute Gasteiger partial charge is 0.135 e. The second-order valence-electron chi connectivity index (χ2n) is 7.48. The van der Waals surface area contributed by atoms with E-state index in [1.165, 1.54) is 27.6 Å². The number of nitrogens with zero attached hydrogens (tertiary/aromatic N) is 1. The number of rotatable bonds is 3. The van der Waals surface area contributed by atoms with Gasteiger partial charge in [0, 0.05) is 22.5 Å². The highest BCUT2D eigenvalue weighted by molar-refractivity contribution is 6.08. The van der Waals surface area contributed by atoms with Crippen molar-refractivity contribution in [3.8, 4) is 11.3 Å². The Bertz CT molecular complexity index is 1300. The van der Waals surface area contributed by atoms with Crippen LogP contribution in [0.5, 0.6) is 0 Å². The Morgan fingerprint density at radius 2 is 1.64 bits per heavy atom. The molecule has 2 aromatic heterocycles. The molecule has 0 unspecified atom stereocenters. The second kappa shape index (κ2) is 6.65. The fourth-order valence-corrected chi connectivity index (χ4v) is 4.02. The minimum absolute atomic E-state index is 0.908. The largest absolute Gasteiger partial charge is 0.456 e. The van der Waals surface area contributed by atoms with Crippen LogP contribution in [0, 0.1) is 13.8 Å². The zero-order valence-corrected chi connectivity index (χ0v) is 16.1. The van der Waals surface area contributed by atoms with Gasteiger partial charge in [-0.25, -0.2) is 0 Å². The number of fused-ring (bicyclic) bond motifs is 3. The lowest BCUT2D eigenvalue weighted by atomic mass is 10.0. The summed E-state index contributed by atoms with van der Waals surface area (Å²) in [6, 6.07) is 25.5. The number of aryl methyl sites for hydroxylation is 2. The SMILES string of the molecule is Cc1cc(C)c2c(c1)oc1ccc(-c3cc(Cc4ccccc4)ccn3)cc12. The summed E-state index contributed by atoms with van der Waals surface area (Å²) >= 11 is 0. The van der Waals surface area contributed by atoms with Gasteiger partial charge < -0.3 is 4.42 Å². The first-order valence-corrected chi connectivity index (χ1v) is 9.60. The summed E-state index contributed by atoms with van der Waals surface area (Å²) in [5.74, 6) is 0. The standard InChI is InChI=1S/C26H21NO/c1-17-12-18(2)26-22-16-21(8-9-24(22)28-25(26)13-17)23-15-20(10-11-27-23)14-19-6-4-3-5-7-19/h3-13,15-16H,14H2,1-2H3. The van der Waals surface area contributed by atoms with Crippen molar-refractivity contribution in [2.75, 3.05) is 0 Å². The molecule has 0 aliphatic heterocycles. The first-order chi connectivity index (χ1) is 13.7. The summed E-state index contributed by atoms with van der Waals surface area (Å²) in [6.45, 7) is 4.25. The molecule has 0 aliphatic carbocycles. The van der Waals surface area contributed by atoms with Crippen LogP contribution in [0.4, 0.5) is 0 Å². The zero-order valence-electron chi connectivity index (χ0n) is 16.1. The van der Waals surface area contributed by atoms with Crippen molar-refractivity contribution in [1.82, 2.24) is 4.98 Å². The lowest BCUT2D eigenvalue weighted by Crippen LogP contribution is -1.91. The highest BCUT2D eigenvalue weighted by atomic mass is 16.3. The van der Waals surface area contributed by atoms with Crippen molar-refractivity contribution in [2.24, 2.45) is 0 Å². The topological polar surface area (TPSA) is 26.0 Å². The molecule has 0 spiro atoms. The number of benzene rings is 3. The second-order valence-corrected chi connectivity index (χ2v) is 7.48. The number of pyridine rings is 1. The molecule has 28 heavy (non-hydrogen) atoms. The van der Waals surface area contributed by atoms with Crippen molar-refractivity contribution in [2.45, 2.75) is 20.3 Å². The minimum Gasteiger partial charge on any atom is -0.456 e. The molecule has 2 nitrogen and oxygen atoms in total. The maximum absolute atomic E-state index is 6.09. The van der Waals surface area contributed by atoms with Gasteiger partial charge in [-0.2, -0.15) is 0 Å². The van der Waals surface area contributed by atoms with E-state index in [4.69, 9.17) is 4.42 Å². The van der Waals surface area contributed by atoms with Gasteiger partial charge in [-0.1, -0.05) is 36.4 Å². The molecule has 0 aliphatic rings. The molecule has 0 saturated carbocycles. The quantitative estimate of drug-likeness (QED) is 0.350. The van der Waals surface area contributed by atoms with E-state index in [-0.39, 0.29) is 0 Å². The minimum atomic E-state index is 0.908. The van der Waals surface area contributed by atoms with Crippen LogP contribution in [0.1, 0.15) is 22.3 Å². The van der Waals surface area contributed by atoms with Crippen LogP contribution in [0.3, 0.4) is 0 Å². The van der Waals surface area contributed by atoms with E-state index in [0.29, 0.717) is 0 Å². The van der Waals surface area contributed by atoms with Gasteiger partial charge in [0.05, 0.1) is 5.69 Å². The first-order valence-electron chi connectivity index (χ1n) is 9.60. The molecule has 5 rings (SSSR count). The molecule has 3 aromatic carbocycles. The summed E-state index contributed by atoms with van der Waals surface area (Å²) in [5, 5.41) is 2.35. The van der Waals surface area contributed by atoms with E-state index in [1.54, 1.807) is 0 Å². The van der Waals surface area contributed by atoms with E-state index >= 15 is 0 Å². The third kappa shape index (κ3) is 2.97. The van der Waals surface area contributed by atoms with Gasteiger partial charge in [-0.05, 0) is 78.9 Å². The van der Waals surface area contributed by atoms with E-state index in [0.717, 1.165) is 34.2 Å². The molecule has 2 heterocycles. The highest BCUT2D eigenvalue weighted by Crippen LogP contribution is 2.34. The average Bonchev–Trinajstić information content (AvgIpc) is 3.06. The maximum atomic E-state index is 6.09. The van der Waals surface area contributed by atoms with Gasteiger partial charge in [0.25, 0.3) is 0 Å². The number of furan rings is 1. The molecule has 0 radical (unpaired) electrons. The lowest BCUT2D eigenvalue weighted by Gasteiger charge is -2.06. The molecule has 0 saturated heterocycles. The Hall–Kier alpha value is -3.39. The van der Waals surface area contributed by atoms with Gasteiger partial charge in [-0.15, -0.1) is 0 Å². The van der Waals surface area contributed by atoms with Crippen LogP contribution < -0.4 is 0 Å². The highest BCUT2D eigenvalue weighted by Gasteiger charge is 2.12.